The van der Waals surface area contributed by atoms with Crippen LogP contribution in [0.3, 0.4) is 0 Å². The van der Waals surface area contributed by atoms with E-state index in [0.717, 1.165) is 44.9 Å². The Morgan fingerprint density at radius 2 is 1.07 bits per heavy atom. The Bertz CT molecular complexity index is 2210. The molecular weight excluding hydrogens is 536 g/mol. The summed E-state index contributed by atoms with van der Waals surface area (Å²) in [6.07, 6.45) is 3.68. The highest BCUT2D eigenvalue weighted by atomic mass is 15.0. The average molecular weight is 565 g/mol. The zero-order valence-electron chi connectivity index (χ0n) is 24.2. The van der Waals surface area contributed by atoms with Crippen molar-refractivity contribution in [2.24, 2.45) is 0 Å². The first kappa shape index (κ1) is 25.8. The molecule has 0 fully saturated rings. The molecule has 0 saturated heterocycles. The van der Waals surface area contributed by atoms with Gasteiger partial charge in [-0.3, -0.25) is 4.98 Å². The van der Waals surface area contributed by atoms with E-state index in [0.29, 0.717) is 5.82 Å². The van der Waals surface area contributed by atoms with Gasteiger partial charge in [-0.25, -0.2) is 9.97 Å². The first-order valence-corrected chi connectivity index (χ1v) is 14.8. The number of fused-ring (bicyclic) bond motifs is 3. The Morgan fingerprint density at radius 1 is 0.477 bits per heavy atom. The highest BCUT2D eigenvalue weighted by molar-refractivity contribution is 6.09. The Hall–Kier alpha value is -5.87. The molecule has 0 aliphatic rings. The van der Waals surface area contributed by atoms with Gasteiger partial charge in [0.1, 0.15) is 0 Å². The van der Waals surface area contributed by atoms with E-state index in [1.807, 2.05) is 30.5 Å². The summed E-state index contributed by atoms with van der Waals surface area (Å²) >= 11 is 0. The van der Waals surface area contributed by atoms with Crippen LogP contribution < -0.4 is 0 Å². The minimum Gasteiger partial charge on any atom is -0.309 e. The van der Waals surface area contributed by atoms with Crippen LogP contribution in [0.2, 0.25) is 0 Å². The lowest BCUT2D eigenvalue weighted by atomic mass is 10.0. The molecular formula is C40H28N4. The molecule has 0 bridgehead atoms. The molecule has 0 N–H and O–H groups in total. The van der Waals surface area contributed by atoms with Crippen molar-refractivity contribution in [2.75, 3.05) is 0 Å². The molecule has 0 unspecified atom stereocenters. The van der Waals surface area contributed by atoms with E-state index < -0.39 is 0 Å². The third kappa shape index (κ3) is 4.54. The fourth-order valence-corrected chi connectivity index (χ4v) is 6.07. The lowest BCUT2D eigenvalue weighted by Crippen LogP contribution is -1.99. The minimum atomic E-state index is 0.707. The van der Waals surface area contributed by atoms with Crippen molar-refractivity contribution in [3.05, 3.63) is 157 Å². The molecule has 4 heteroatoms. The lowest BCUT2D eigenvalue weighted by molar-refractivity contribution is 1.14. The number of pyridine rings is 1. The van der Waals surface area contributed by atoms with Gasteiger partial charge in [0.15, 0.2) is 5.82 Å². The number of aromatic nitrogens is 4. The number of rotatable bonds is 5. The molecule has 4 nitrogen and oxygen atoms in total. The monoisotopic (exact) mass is 564 g/mol. The number of hydrogen-bond acceptors (Lipinski definition) is 3. The van der Waals surface area contributed by atoms with Crippen molar-refractivity contribution in [2.45, 2.75) is 6.92 Å². The predicted molar refractivity (Wildman–Crippen MR) is 181 cm³/mol. The van der Waals surface area contributed by atoms with Crippen LogP contribution in [0.5, 0.6) is 0 Å². The van der Waals surface area contributed by atoms with Crippen molar-refractivity contribution in [3.63, 3.8) is 0 Å². The first-order chi connectivity index (χ1) is 21.7. The quantitative estimate of drug-likeness (QED) is 0.209. The molecule has 8 aromatic rings. The molecule has 208 valence electrons. The second kappa shape index (κ2) is 10.8. The van der Waals surface area contributed by atoms with E-state index in [2.05, 4.69) is 132 Å². The Morgan fingerprint density at radius 3 is 1.73 bits per heavy atom. The topological polar surface area (TPSA) is 43.6 Å². The van der Waals surface area contributed by atoms with Gasteiger partial charge in [-0.05, 0) is 60.0 Å². The average Bonchev–Trinajstić information content (AvgIpc) is 3.43. The molecule has 0 atom stereocenters. The van der Waals surface area contributed by atoms with Gasteiger partial charge in [-0.1, -0.05) is 103 Å². The van der Waals surface area contributed by atoms with Gasteiger partial charge in [0, 0.05) is 45.5 Å². The van der Waals surface area contributed by atoms with Crippen LogP contribution >= 0.6 is 0 Å². The van der Waals surface area contributed by atoms with Crippen LogP contribution in [0, 0.1) is 6.92 Å². The molecule has 3 aromatic heterocycles. The highest BCUT2D eigenvalue weighted by Crippen LogP contribution is 2.35. The van der Waals surface area contributed by atoms with Crippen molar-refractivity contribution in [1.29, 1.82) is 0 Å². The maximum absolute atomic E-state index is 5.07. The fourth-order valence-electron chi connectivity index (χ4n) is 6.07. The molecule has 8 rings (SSSR count). The minimum absolute atomic E-state index is 0.707. The summed E-state index contributed by atoms with van der Waals surface area (Å²) < 4.78 is 2.37. The zero-order chi connectivity index (χ0) is 29.5. The van der Waals surface area contributed by atoms with Gasteiger partial charge in [0.2, 0.25) is 0 Å². The first-order valence-electron chi connectivity index (χ1n) is 14.8. The van der Waals surface area contributed by atoms with E-state index in [9.17, 15) is 0 Å². The van der Waals surface area contributed by atoms with Crippen LogP contribution in [-0.4, -0.2) is 19.5 Å². The second-order valence-electron chi connectivity index (χ2n) is 11.0. The zero-order valence-corrected chi connectivity index (χ0v) is 24.2. The van der Waals surface area contributed by atoms with Gasteiger partial charge in [0.25, 0.3) is 0 Å². The number of para-hydroxylation sites is 2. The molecule has 0 saturated carbocycles. The molecule has 0 aliphatic carbocycles. The predicted octanol–water partition coefficient (Wildman–Crippen LogP) is 9.95. The van der Waals surface area contributed by atoms with Gasteiger partial charge < -0.3 is 4.57 Å². The van der Waals surface area contributed by atoms with Crippen LogP contribution in [0.15, 0.2) is 152 Å². The molecule has 44 heavy (non-hydrogen) atoms. The summed E-state index contributed by atoms with van der Waals surface area (Å²) in [6.45, 7) is 2.18. The Balaban J connectivity index is 1.25. The summed E-state index contributed by atoms with van der Waals surface area (Å²) in [6, 6.07) is 48.7. The van der Waals surface area contributed by atoms with Crippen LogP contribution in [-0.2, 0) is 0 Å². The molecule has 3 heterocycles. The van der Waals surface area contributed by atoms with Crippen LogP contribution in [0.4, 0.5) is 0 Å². The summed E-state index contributed by atoms with van der Waals surface area (Å²) in [5, 5.41) is 2.52. The van der Waals surface area contributed by atoms with Crippen molar-refractivity contribution < 1.29 is 0 Å². The van der Waals surface area contributed by atoms with Crippen LogP contribution in [0.1, 0.15) is 5.56 Å². The van der Waals surface area contributed by atoms with E-state index in [-0.39, 0.29) is 0 Å². The Kier molecular flexibility index (Phi) is 6.31. The Labute approximate surface area is 256 Å². The smallest absolute Gasteiger partial charge is 0.160 e. The maximum Gasteiger partial charge on any atom is 0.160 e. The van der Waals surface area contributed by atoms with E-state index in [1.54, 1.807) is 6.20 Å². The highest BCUT2D eigenvalue weighted by Gasteiger charge is 2.15. The molecule has 0 aliphatic heterocycles. The summed E-state index contributed by atoms with van der Waals surface area (Å²) in [7, 11) is 0. The summed E-state index contributed by atoms with van der Waals surface area (Å²) in [5.74, 6) is 0.707. The summed E-state index contributed by atoms with van der Waals surface area (Å²) in [4.78, 5) is 14.4. The third-order valence-electron chi connectivity index (χ3n) is 8.25. The SMILES string of the molecule is Cc1cc(-c2cc(-c3ccc(-c4cccnc4)cc3)nc(-c3ccccc3)n2)ccc1-n1c2ccccc2c2ccccc21. The number of aryl methyl sites for hydroxylation is 1. The summed E-state index contributed by atoms with van der Waals surface area (Å²) in [5.41, 5.74) is 11.8. The lowest BCUT2D eigenvalue weighted by Gasteiger charge is -2.14. The molecule has 0 amide bonds. The van der Waals surface area contributed by atoms with Crippen molar-refractivity contribution in [3.8, 4) is 50.7 Å². The maximum atomic E-state index is 5.07. The van der Waals surface area contributed by atoms with Gasteiger partial charge >= 0.3 is 0 Å². The third-order valence-corrected chi connectivity index (χ3v) is 8.25. The van der Waals surface area contributed by atoms with Crippen molar-refractivity contribution in [1.82, 2.24) is 19.5 Å². The standard InChI is InChI=1S/C40H28N4/c1-27-24-31(21-22-37(27)44-38-15-7-5-13-33(38)34-14-6-8-16-39(34)44)36-25-35(42-40(43-36)30-10-3-2-4-11-30)29-19-17-28(18-20-29)32-12-9-23-41-26-32/h2-26H,1H3. The van der Waals surface area contributed by atoms with Crippen LogP contribution in [0.25, 0.3) is 72.5 Å². The molecule has 0 radical (unpaired) electrons. The van der Waals surface area contributed by atoms with Gasteiger partial charge in [0.05, 0.1) is 22.4 Å². The number of benzene rings is 5. The number of nitrogens with zero attached hydrogens (tertiary/aromatic N) is 4. The van der Waals surface area contributed by atoms with E-state index in [4.69, 9.17) is 9.97 Å². The fraction of sp³-hybridized carbons (Fsp3) is 0.0250. The molecule has 5 aromatic carbocycles. The second-order valence-corrected chi connectivity index (χ2v) is 11.0. The van der Waals surface area contributed by atoms with Gasteiger partial charge in [-0.15, -0.1) is 0 Å². The number of hydrogen-bond donors (Lipinski definition) is 0. The largest absolute Gasteiger partial charge is 0.309 e. The van der Waals surface area contributed by atoms with Crippen molar-refractivity contribution >= 4 is 21.8 Å². The normalized spacial score (nSPS) is 11.3. The van der Waals surface area contributed by atoms with E-state index >= 15 is 0 Å². The van der Waals surface area contributed by atoms with E-state index in [1.165, 1.54) is 27.4 Å². The molecule has 0 spiro atoms. The van der Waals surface area contributed by atoms with Gasteiger partial charge in [-0.2, -0.15) is 0 Å².